The quantitative estimate of drug-likeness (QED) is 0.754. The van der Waals surface area contributed by atoms with E-state index in [4.69, 9.17) is 9.47 Å². The van der Waals surface area contributed by atoms with Crippen LogP contribution in [0, 0.1) is 11.8 Å². The van der Waals surface area contributed by atoms with Gasteiger partial charge in [-0.3, -0.25) is 4.79 Å². The van der Waals surface area contributed by atoms with Crippen molar-refractivity contribution in [1.29, 1.82) is 0 Å². The van der Waals surface area contributed by atoms with Crippen LogP contribution in [0.15, 0.2) is 0 Å². The summed E-state index contributed by atoms with van der Waals surface area (Å²) < 4.78 is 11.1. The van der Waals surface area contributed by atoms with E-state index in [0.717, 1.165) is 0 Å². The highest BCUT2D eigenvalue weighted by molar-refractivity contribution is 5.65. The topological polar surface area (TPSA) is 76.0 Å². The number of esters is 1. The standard InChI is InChI=1S/C14H26O5/c1-9-12(4,7-15)19-13(5,8-18-11(3)16)10(2)14(9,6)17/h9-10,15,17H,7-8H2,1-6H3/t9-,10+,12+,13-,14-/m1/s1. The highest BCUT2D eigenvalue weighted by Crippen LogP contribution is 2.48. The number of hydrogen-bond acceptors (Lipinski definition) is 5. The van der Waals surface area contributed by atoms with E-state index in [9.17, 15) is 15.0 Å². The van der Waals surface area contributed by atoms with Crippen LogP contribution in [0.5, 0.6) is 0 Å². The summed E-state index contributed by atoms with van der Waals surface area (Å²) in [6.07, 6.45) is 0. The summed E-state index contributed by atoms with van der Waals surface area (Å²) in [4.78, 5) is 11.0. The average Bonchev–Trinajstić information content (AvgIpc) is 2.33. The molecule has 19 heavy (non-hydrogen) atoms. The molecule has 1 saturated heterocycles. The van der Waals surface area contributed by atoms with E-state index in [1.54, 1.807) is 20.8 Å². The SMILES string of the molecule is CC(=O)OC[C@@]1(C)O[C@@](C)(CO)[C@@H](C)[C@@](C)(O)[C@H]1C. The van der Waals surface area contributed by atoms with Gasteiger partial charge in [-0.05, 0) is 20.8 Å². The van der Waals surface area contributed by atoms with E-state index < -0.39 is 16.8 Å². The van der Waals surface area contributed by atoms with Crippen LogP contribution in [-0.4, -0.2) is 46.2 Å². The molecule has 5 nitrogen and oxygen atoms in total. The Morgan fingerprint density at radius 3 is 2.11 bits per heavy atom. The van der Waals surface area contributed by atoms with Gasteiger partial charge in [0.15, 0.2) is 0 Å². The number of ether oxygens (including phenoxy) is 2. The molecule has 0 spiro atoms. The van der Waals surface area contributed by atoms with Crippen LogP contribution in [0.4, 0.5) is 0 Å². The van der Waals surface area contributed by atoms with Crippen molar-refractivity contribution in [2.24, 2.45) is 11.8 Å². The summed E-state index contributed by atoms with van der Waals surface area (Å²) in [5.74, 6) is -0.875. The predicted molar refractivity (Wildman–Crippen MR) is 70.6 cm³/mol. The Morgan fingerprint density at radius 2 is 1.68 bits per heavy atom. The molecule has 0 unspecified atom stereocenters. The third kappa shape index (κ3) is 2.78. The highest BCUT2D eigenvalue weighted by Gasteiger charge is 2.59. The van der Waals surface area contributed by atoms with Crippen molar-refractivity contribution >= 4 is 5.97 Å². The van der Waals surface area contributed by atoms with Gasteiger partial charge in [-0.2, -0.15) is 0 Å². The number of carbonyl (C=O) groups is 1. The Labute approximate surface area is 114 Å². The second kappa shape index (κ2) is 5.04. The molecule has 0 aromatic rings. The van der Waals surface area contributed by atoms with Gasteiger partial charge < -0.3 is 19.7 Å². The van der Waals surface area contributed by atoms with Gasteiger partial charge in [0.25, 0.3) is 0 Å². The van der Waals surface area contributed by atoms with Gasteiger partial charge in [0, 0.05) is 18.8 Å². The van der Waals surface area contributed by atoms with E-state index in [0.29, 0.717) is 0 Å². The Hall–Kier alpha value is -0.650. The molecule has 0 aromatic carbocycles. The molecule has 112 valence electrons. The molecule has 0 amide bonds. The minimum atomic E-state index is -1.02. The summed E-state index contributed by atoms with van der Waals surface area (Å²) >= 11 is 0. The van der Waals surface area contributed by atoms with Crippen LogP contribution >= 0.6 is 0 Å². The highest BCUT2D eigenvalue weighted by atomic mass is 16.6. The van der Waals surface area contributed by atoms with Gasteiger partial charge >= 0.3 is 5.97 Å². The predicted octanol–water partition coefficient (Wildman–Crippen LogP) is 1.11. The maximum Gasteiger partial charge on any atom is 0.302 e. The largest absolute Gasteiger partial charge is 0.463 e. The lowest BCUT2D eigenvalue weighted by Gasteiger charge is -2.58. The molecule has 1 aliphatic heterocycles. The minimum absolute atomic E-state index is 0.0575. The normalized spacial score (nSPS) is 46.9. The van der Waals surface area contributed by atoms with Crippen molar-refractivity contribution in [2.75, 3.05) is 13.2 Å². The first-order valence-corrected chi connectivity index (χ1v) is 6.66. The number of aliphatic hydroxyl groups is 2. The molecule has 0 radical (unpaired) electrons. The van der Waals surface area contributed by atoms with Gasteiger partial charge in [-0.1, -0.05) is 13.8 Å². The molecule has 1 rings (SSSR count). The smallest absolute Gasteiger partial charge is 0.302 e. The Kier molecular flexibility index (Phi) is 4.35. The molecule has 1 aliphatic rings. The van der Waals surface area contributed by atoms with Crippen molar-refractivity contribution in [3.63, 3.8) is 0 Å². The number of aliphatic hydroxyl groups excluding tert-OH is 1. The zero-order chi connectivity index (χ0) is 15.1. The molecule has 0 aromatic heterocycles. The molecule has 5 heteroatoms. The van der Waals surface area contributed by atoms with Gasteiger partial charge in [-0.25, -0.2) is 0 Å². The second-order valence-corrected chi connectivity index (χ2v) is 6.33. The fourth-order valence-corrected chi connectivity index (χ4v) is 2.89. The van der Waals surface area contributed by atoms with Gasteiger partial charge in [-0.15, -0.1) is 0 Å². The van der Waals surface area contributed by atoms with Crippen LogP contribution < -0.4 is 0 Å². The molecule has 0 saturated carbocycles. The third-order valence-corrected chi connectivity index (χ3v) is 4.93. The summed E-state index contributed by atoms with van der Waals surface area (Å²) in [6, 6.07) is 0. The van der Waals surface area contributed by atoms with Crippen LogP contribution in [-0.2, 0) is 14.3 Å². The maximum absolute atomic E-state index is 11.0. The van der Waals surface area contributed by atoms with Crippen molar-refractivity contribution in [3.05, 3.63) is 0 Å². The molecule has 0 bridgehead atoms. The van der Waals surface area contributed by atoms with Crippen LogP contribution in [0.2, 0.25) is 0 Å². The van der Waals surface area contributed by atoms with Crippen LogP contribution in [0.3, 0.4) is 0 Å². The van der Waals surface area contributed by atoms with E-state index in [1.165, 1.54) is 6.92 Å². The summed E-state index contributed by atoms with van der Waals surface area (Å²) in [5, 5.41) is 20.4. The number of carbonyl (C=O) groups excluding carboxylic acids is 1. The summed E-state index contributed by atoms with van der Waals surface area (Å²) in [7, 11) is 0. The first-order chi connectivity index (χ1) is 8.49. The van der Waals surface area contributed by atoms with Crippen molar-refractivity contribution < 1.29 is 24.5 Å². The Balaban J connectivity index is 3.09. The lowest BCUT2D eigenvalue weighted by Crippen LogP contribution is -2.68. The fraction of sp³-hybridized carbons (Fsp3) is 0.929. The van der Waals surface area contributed by atoms with Gasteiger partial charge in [0.05, 0.1) is 17.8 Å². The molecule has 5 atom stereocenters. The Bertz CT molecular complexity index is 349. The molecule has 0 aliphatic carbocycles. The van der Waals surface area contributed by atoms with Crippen LogP contribution in [0.25, 0.3) is 0 Å². The lowest BCUT2D eigenvalue weighted by atomic mass is 9.64. The molecule has 1 fully saturated rings. The first-order valence-electron chi connectivity index (χ1n) is 6.66. The number of rotatable bonds is 3. The van der Waals surface area contributed by atoms with Crippen molar-refractivity contribution in [2.45, 2.75) is 58.3 Å². The third-order valence-electron chi connectivity index (χ3n) is 4.93. The number of hydrogen-bond donors (Lipinski definition) is 2. The molecular weight excluding hydrogens is 248 g/mol. The monoisotopic (exact) mass is 274 g/mol. The van der Waals surface area contributed by atoms with E-state index in [1.807, 2.05) is 13.8 Å². The Morgan fingerprint density at radius 1 is 1.21 bits per heavy atom. The van der Waals surface area contributed by atoms with Gasteiger partial charge in [0.1, 0.15) is 12.2 Å². The van der Waals surface area contributed by atoms with Crippen molar-refractivity contribution in [1.82, 2.24) is 0 Å². The average molecular weight is 274 g/mol. The molecular formula is C14H26O5. The zero-order valence-corrected chi connectivity index (χ0v) is 12.7. The van der Waals surface area contributed by atoms with Crippen LogP contribution in [0.1, 0.15) is 41.5 Å². The zero-order valence-electron chi connectivity index (χ0n) is 12.7. The second-order valence-electron chi connectivity index (χ2n) is 6.33. The first kappa shape index (κ1) is 16.4. The van der Waals surface area contributed by atoms with Gasteiger partial charge in [0.2, 0.25) is 0 Å². The minimum Gasteiger partial charge on any atom is -0.463 e. The van der Waals surface area contributed by atoms with E-state index in [2.05, 4.69) is 0 Å². The van der Waals surface area contributed by atoms with Crippen molar-refractivity contribution in [3.8, 4) is 0 Å². The van der Waals surface area contributed by atoms with E-state index in [-0.39, 0.29) is 31.0 Å². The van der Waals surface area contributed by atoms with E-state index >= 15 is 0 Å². The molecule has 1 heterocycles. The summed E-state index contributed by atoms with van der Waals surface area (Å²) in [6.45, 7) is 10.2. The fourth-order valence-electron chi connectivity index (χ4n) is 2.89. The summed E-state index contributed by atoms with van der Waals surface area (Å²) in [5.41, 5.74) is -2.73. The lowest BCUT2D eigenvalue weighted by molar-refractivity contribution is -0.307. The maximum atomic E-state index is 11.0. The molecule has 2 N–H and O–H groups in total.